The second kappa shape index (κ2) is 9.92. The van der Waals surface area contributed by atoms with Crippen LogP contribution >= 0.6 is 27.5 Å². The molecule has 5 heteroatoms. The summed E-state index contributed by atoms with van der Waals surface area (Å²) in [5.41, 5.74) is 2.09. The van der Waals surface area contributed by atoms with Crippen LogP contribution in [0.15, 0.2) is 40.9 Å². The first-order chi connectivity index (χ1) is 11.7. The summed E-state index contributed by atoms with van der Waals surface area (Å²) >= 11 is 9.79. The highest BCUT2D eigenvalue weighted by Crippen LogP contribution is 2.34. The summed E-state index contributed by atoms with van der Waals surface area (Å²) in [6, 6.07) is 11.6. The fraction of sp³-hybridized carbons (Fsp3) is 0.368. The second-order valence-corrected chi connectivity index (χ2v) is 6.77. The lowest BCUT2D eigenvalue weighted by molar-refractivity contribution is 0.284. The van der Waals surface area contributed by atoms with Crippen molar-refractivity contribution < 1.29 is 9.47 Å². The molecule has 0 saturated heterocycles. The van der Waals surface area contributed by atoms with Gasteiger partial charge in [-0.3, -0.25) is 0 Å². The Kier molecular flexibility index (Phi) is 7.89. The van der Waals surface area contributed by atoms with Gasteiger partial charge >= 0.3 is 0 Å². The molecule has 0 aliphatic rings. The molecule has 130 valence electrons. The fourth-order valence-electron chi connectivity index (χ4n) is 2.28. The number of benzene rings is 2. The highest BCUT2D eigenvalue weighted by molar-refractivity contribution is 9.10. The van der Waals surface area contributed by atoms with E-state index in [0.29, 0.717) is 17.4 Å². The molecule has 0 atom stereocenters. The van der Waals surface area contributed by atoms with E-state index in [2.05, 4.69) is 28.2 Å². The average Bonchev–Trinajstić information content (AvgIpc) is 2.59. The molecule has 3 nitrogen and oxygen atoms in total. The highest BCUT2D eigenvalue weighted by atomic mass is 79.9. The summed E-state index contributed by atoms with van der Waals surface area (Å²) in [6.07, 6.45) is 2.36. The summed E-state index contributed by atoms with van der Waals surface area (Å²) in [5.74, 6) is 1.42. The summed E-state index contributed by atoms with van der Waals surface area (Å²) in [7, 11) is 1.65. The first kappa shape index (κ1) is 19.1. The third-order valence-corrected chi connectivity index (χ3v) is 4.80. The zero-order valence-electron chi connectivity index (χ0n) is 14.1. The lowest BCUT2D eigenvalue weighted by atomic mass is 10.2. The minimum Gasteiger partial charge on any atom is -0.493 e. The molecule has 0 amide bonds. The number of hydrogen-bond donors (Lipinski definition) is 1. The molecule has 0 aliphatic carbocycles. The van der Waals surface area contributed by atoms with Gasteiger partial charge < -0.3 is 14.8 Å². The maximum absolute atomic E-state index is 6.17. The van der Waals surface area contributed by atoms with Gasteiger partial charge in [0.2, 0.25) is 0 Å². The molecular formula is C19H23BrClNO2. The van der Waals surface area contributed by atoms with Crippen molar-refractivity contribution in [2.24, 2.45) is 0 Å². The Hall–Kier alpha value is -1.23. The Balaban J connectivity index is 2.07. The molecule has 0 bridgehead atoms. The van der Waals surface area contributed by atoms with Crippen molar-refractivity contribution in [1.82, 2.24) is 5.32 Å². The fourth-order valence-corrected chi connectivity index (χ4v) is 2.93. The van der Waals surface area contributed by atoms with Gasteiger partial charge in [-0.05, 0) is 36.7 Å². The van der Waals surface area contributed by atoms with Crippen molar-refractivity contribution >= 4 is 27.5 Å². The van der Waals surface area contributed by atoms with E-state index >= 15 is 0 Å². The molecule has 0 radical (unpaired) electrons. The lowest BCUT2D eigenvalue weighted by Crippen LogP contribution is -2.15. The van der Waals surface area contributed by atoms with E-state index in [1.165, 1.54) is 12.8 Å². The van der Waals surface area contributed by atoms with Crippen LogP contribution in [-0.4, -0.2) is 13.7 Å². The summed E-state index contributed by atoms with van der Waals surface area (Å²) in [4.78, 5) is 0. The van der Waals surface area contributed by atoms with Crippen LogP contribution in [0.3, 0.4) is 0 Å². The van der Waals surface area contributed by atoms with Gasteiger partial charge in [0, 0.05) is 21.6 Å². The average molecular weight is 413 g/mol. The van der Waals surface area contributed by atoms with Gasteiger partial charge in [0.1, 0.15) is 6.61 Å². The van der Waals surface area contributed by atoms with Crippen molar-refractivity contribution in [3.05, 3.63) is 57.0 Å². The van der Waals surface area contributed by atoms with Crippen LogP contribution in [0.1, 0.15) is 30.9 Å². The lowest BCUT2D eigenvalue weighted by Gasteiger charge is -2.15. The van der Waals surface area contributed by atoms with E-state index in [0.717, 1.165) is 34.4 Å². The van der Waals surface area contributed by atoms with E-state index in [-0.39, 0.29) is 0 Å². The monoisotopic (exact) mass is 411 g/mol. The van der Waals surface area contributed by atoms with Crippen LogP contribution in [-0.2, 0) is 13.2 Å². The smallest absolute Gasteiger partial charge is 0.162 e. The van der Waals surface area contributed by atoms with Crippen LogP contribution in [0.5, 0.6) is 11.5 Å². The number of unbranched alkanes of at least 4 members (excludes halogenated alkanes) is 1. The van der Waals surface area contributed by atoms with Crippen molar-refractivity contribution in [2.45, 2.75) is 32.9 Å². The molecule has 0 spiro atoms. The molecule has 0 saturated carbocycles. The van der Waals surface area contributed by atoms with Gasteiger partial charge in [0.05, 0.1) is 7.11 Å². The van der Waals surface area contributed by atoms with Crippen molar-refractivity contribution in [2.75, 3.05) is 13.7 Å². The van der Waals surface area contributed by atoms with E-state index in [9.17, 15) is 0 Å². The van der Waals surface area contributed by atoms with Crippen LogP contribution in [0.2, 0.25) is 5.02 Å². The maximum Gasteiger partial charge on any atom is 0.162 e. The van der Waals surface area contributed by atoms with Crippen molar-refractivity contribution in [1.29, 1.82) is 0 Å². The minimum absolute atomic E-state index is 0.399. The maximum atomic E-state index is 6.17. The number of nitrogens with one attached hydrogen (secondary N) is 1. The zero-order chi connectivity index (χ0) is 17.4. The highest BCUT2D eigenvalue weighted by Gasteiger charge is 2.11. The first-order valence-corrected chi connectivity index (χ1v) is 9.26. The van der Waals surface area contributed by atoms with Gasteiger partial charge in [0.15, 0.2) is 11.5 Å². The second-order valence-electron chi connectivity index (χ2n) is 5.50. The van der Waals surface area contributed by atoms with Crippen LogP contribution in [0, 0.1) is 0 Å². The standard InChI is InChI=1S/C19H23BrClNO2/c1-3-4-9-22-12-15-10-18(23-2)19(11-16(15)20)24-13-14-7-5-6-8-17(14)21/h5-8,10-11,22H,3-4,9,12-13H2,1-2H3. The van der Waals surface area contributed by atoms with E-state index in [1.807, 2.05) is 36.4 Å². The Morgan fingerprint density at radius 2 is 1.92 bits per heavy atom. The molecule has 0 unspecified atom stereocenters. The summed E-state index contributed by atoms with van der Waals surface area (Å²) in [6.45, 7) is 4.39. The number of methoxy groups -OCH3 is 1. The molecule has 24 heavy (non-hydrogen) atoms. The molecule has 0 heterocycles. The Labute approximate surface area is 157 Å². The SMILES string of the molecule is CCCCNCc1cc(OC)c(OCc2ccccc2Cl)cc1Br. The molecule has 0 aromatic heterocycles. The molecule has 2 aromatic carbocycles. The van der Waals surface area contributed by atoms with Crippen LogP contribution in [0.4, 0.5) is 0 Å². The predicted octanol–water partition coefficient (Wildman–Crippen LogP) is 5.58. The third-order valence-electron chi connectivity index (χ3n) is 3.70. The quantitative estimate of drug-likeness (QED) is 0.545. The Bertz CT molecular complexity index is 664. The molecule has 0 aliphatic heterocycles. The summed E-state index contributed by atoms with van der Waals surface area (Å²) in [5, 5.41) is 4.14. The van der Waals surface area contributed by atoms with Gasteiger partial charge in [0.25, 0.3) is 0 Å². The van der Waals surface area contributed by atoms with E-state index in [4.69, 9.17) is 21.1 Å². The normalized spacial score (nSPS) is 10.7. The van der Waals surface area contributed by atoms with Crippen LogP contribution in [0.25, 0.3) is 0 Å². The van der Waals surface area contributed by atoms with Gasteiger partial charge in [-0.1, -0.05) is 59.1 Å². The van der Waals surface area contributed by atoms with Gasteiger partial charge in [-0.15, -0.1) is 0 Å². The minimum atomic E-state index is 0.399. The largest absolute Gasteiger partial charge is 0.493 e. The molecule has 2 aromatic rings. The van der Waals surface area contributed by atoms with E-state index in [1.54, 1.807) is 7.11 Å². The number of hydrogen-bond acceptors (Lipinski definition) is 3. The number of rotatable bonds is 9. The molecule has 0 fully saturated rings. The first-order valence-electron chi connectivity index (χ1n) is 8.09. The molecule has 2 rings (SSSR count). The Morgan fingerprint density at radius 1 is 1.12 bits per heavy atom. The molecule has 1 N–H and O–H groups in total. The van der Waals surface area contributed by atoms with Gasteiger partial charge in [-0.25, -0.2) is 0 Å². The summed E-state index contributed by atoms with van der Waals surface area (Å²) < 4.78 is 12.4. The number of halogens is 2. The van der Waals surface area contributed by atoms with Crippen molar-refractivity contribution in [3.8, 4) is 11.5 Å². The van der Waals surface area contributed by atoms with Crippen LogP contribution < -0.4 is 14.8 Å². The third kappa shape index (κ3) is 5.40. The van der Waals surface area contributed by atoms with E-state index < -0.39 is 0 Å². The molecular weight excluding hydrogens is 390 g/mol. The zero-order valence-corrected chi connectivity index (χ0v) is 16.4. The van der Waals surface area contributed by atoms with Gasteiger partial charge in [-0.2, -0.15) is 0 Å². The predicted molar refractivity (Wildman–Crippen MR) is 103 cm³/mol. The number of ether oxygens (including phenoxy) is 2. The topological polar surface area (TPSA) is 30.5 Å². The van der Waals surface area contributed by atoms with Crippen molar-refractivity contribution in [3.63, 3.8) is 0 Å². The Morgan fingerprint density at radius 3 is 2.62 bits per heavy atom.